The molecule has 2 aromatic rings. The van der Waals surface area contributed by atoms with Crippen molar-refractivity contribution < 1.29 is 5.11 Å². The fourth-order valence-electron chi connectivity index (χ4n) is 5.79. The lowest BCUT2D eigenvalue weighted by molar-refractivity contribution is 0.0950. The molecular formula is C25H33N3O. The largest absolute Gasteiger partial charge is 0.508 e. The molecule has 29 heavy (non-hydrogen) atoms. The number of aromatic hydroxyl groups is 1. The summed E-state index contributed by atoms with van der Waals surface area (Å²) in [6, 6.07) is 17.6. The van der Waals surface area contributed by atoms with Crippen molar-refractivity contribution in [3.8, 4) is 5.75 Å². The maximum absolute atomic E-state index is 10.3. The molecule has 2 aromatic carbocycles. The summed E-state index contributed by atoms with van der Waals surface area (Å²) in [4.78, 5) is 7.91. The summed E-state index contributed by atoms with van der Waals surface area (Å²) >= 11 is 0. The summed E-state index contributed by atoms with van der Waals surface area (Å²) < 4.78 is 0. The molecule has 1 aliphatic carbocycles. The molecule has 154 valence electrons. The minimum Gasteiger partial charge on any atom is -0.508 e. The van der Waals surface area contributed by atoms with Crippen molar-refractivity contribution in [2.45, 2.75) is 37.6 Å². The van der Waals surface area contributed by atoms with Crippen molar-refractivity contribution >= 4 is 5.69 Å². The molecule has 0 saturated carbocycles. The van der Waals surface area contributed by atoms with Gasteiger partial charge >= 0.3 is 0 Å². The second-order valence-electron chi connectivity index (χ2n) is 8.90. The van der Waals surface area contributed by atoms with Crippen LogP contribution in [0.3, 0.4) is 0 Å². The number of phenols is 1. The Kier molecular flexibility index (Phi) is 5.47. The lowest BCUT2D eigenvalue weighted by atomic mass is 9.74. The predicted molar refractivity (Wildman–Crippen MR) is 119 cm³/mol. The number of para-hydroxylation sites is 1. The number of hydrogen-bond donors (Lipinski definition) is 1. The molecule has 2 fully saturated rings. The van der Waals surface area contributed by atoms with Crippen molar-refractivity contribution in [1.29, 1.82) is 0 Å². The fraction of sp³-hybridized carbons (Fsp3) is 0.520. The lowest BCUT2D eigenvalue weighted by Crippen LogP contribution is -2.52. The summed E-state index contributed by atoms with van der Waals surface area (Å²) in [6.45, 7) is 8.17. The van der Waals surface area contributed by atoms with Gasteiger partial charge in [-0.25, -0.2) is 0 Å². The number of benzene rings is 2. The van der Waals surface area contributed by atoms with Crippen LogP contribution in [0.5, 0.6) is 5.75 Å². The van der Waals surface area contributed by atoms with Crippen molar-refractivity contribution in [2.24, 2.45) is 0 Å². The molecular weight excluding hydrogens is 358 g/mol. The highest BCUT2D eigenvalue weighted by Gasteiger charge is 2.37. The van der Waals surface area contributed by atoms with E-state index in [4.69, 9.17) is 0 Å². The first-order valence-electron chi connectivity index (χ1n) is 11.4. The highest BCUT2D eigenvalue weighted by atomic mass is 16.3. The number of piperazine rings is 1. The monoisotopic (exact) mass is 391 g/mol. The minimum absolute atomic E-state index is 0.509. The summed E-state index contributed by atoms with van der Waals surface area (Å²) in [7, 11) is 0. The molecule has 0 amide bonds. The summed E-state index contributed by atoms with van der Waals surface area (Å²) in [5.41, 5.74) is 3.99. The van der Waals surface area contributed by atoms with E-state index < -0.39 is 0 Å². The van der Waals surface area contributed by atoms with E-state index in [1.54, 1.807) is 0 Å². The molecule has 4 nitrogen and oxygen atoms in total. The van der Waals surface area contributed by atoms with Crippen molar-refractivity contribution in [3.05, 3.63) is 59.7 Å². The normalized spacial score (nSPS) is 25.4. The number of phenolic OH excluding ortho intramolecular Hbond substituents is 1. The Morgan fingerprint density at radius 3 is 2.48 bits per heavy atom. The van der Waals surface area contributed by atoms with Gasteiger partial charge in [0.1, 0.15) is 5.75 Å². The first kappa shape index (κ1) is 19.0. The quantitative estimate of drug-likeness (QED) is 0.861. The van der Waals surface area contributed by atoms with E-state index in [0.29, 0.717) is 17.7 Å². The number of piperidine rings is 1. The van der Waals surface area contributed by atoms with Gasteiger partial charge in [0.15, 0.2) is 0 Å². The van der Waals surface area contributed by atoms with Crippen LogP contribution in [-0.2, 0) is 6.42 Å². The van der Waals surface area contributed by atoms with Gasteiger partial charge in [-0.1, -0.05) is 30.3 Å². The third kappa shape index (κ3) is 3.88. The zero-order chi connectivity index (χ0) is 19.6. The average molecular weight is 392 g/mol. The lowest BCUT2D eigenvalue weighted by Gasteiger charge is -2.46. The molecule has 0 spiro atoms. The maximum atomic E-state index is 10.3. The number of rotatable bonds is 4. The predicted octanol–water partition coefficient (Wildman–Crippen LogP) is 3.71. The first-order valence-corrected chi connectivity index (χ1v) is 11.4. The molecule has 3 aliphatic rings. The Hall–Kier alpha value is -2.04. The molecule has 0 radical (unpaired) electrons. The molecule has 2 heterocycles. The molecule has 0 bridgehead atoms. The fourth-order valence-corrected chi connectivity index (χ4v) is 5.79. The molecule has 4 heteroatoms. The van der Waals surface area contributed by atoms with E-state index in [9.17, 15) is 5.11 Å². The zero-order valence-corrected chi connectivity index (χ0v) is 17.3. The number of likely N-dealkylation sites (tertiary alicyclic amines) is 1. The number of anilines is 1. The van der Waals surface area contributed by atoms with Gasteiger partial charge in [-0.05, 0) is 67.5 Å². The van der Waals surface area contributed by atoms with Gasteiger partial charge in [-0.15, -0.1) is 0 Å². The molecule has 2 saturated heterocycles. The average Bonchev–Trinajstić information content (AvgIpc) is 2.79. The Bertz CT molecular complexity index is 816. The molecule has 2 aliphatic heterocycles. The van der Waals surface area contributed by atoms with Crippen LogP contribution >= 0.6 is 0 Å². The van der Waals surface area contributed by atoms with Gasteiger partial charge in [-0.3, -0.25) is 9.80 Å². The van der Waals surface area contributed by atoms with Gasteiger partial charge in [0.05, 0.1) is 0 Å². The van der Waals surface area contributed by atoms with Gasteiger partial charge in [-0.2, -0.15) is 0 Å². The van der Waals surface area contributed by atoms with Crippen LogP contribution in [0.1, 0.15) is 36.3 Å². The van der Waals surface area contributed by atoms with Crippen LogP contribution in [0.2, 0.25) is 0 Å². The van der Waals surface area contributed by atoms with Crippen LogP contribution in [0.15, 0.2) is 48.5 Å². The number of nitrogens with zero attached hydrogens (tertiary/aromatic N) is 3. The van der Waals surface area contributed by atoms with Crippen molar-refractivity contribution in [2.75, 3.05) is 50.7 Å². The van der Waals surface area contributed by atoms with Crippen LogP contribution < -0.4 is 4.90 Å². The summed E-state index contributed by atoms with van der Waals surface area (Å²) in [6.07, 6.45) is 4.76. The van der Waals surface area contributed by atoms with E-state index >= 15 is 0 Å². The second kappa shape index (κ2) is 8.37. The smallest absolute Gasteiger partial charge is 0.119 e. The molecule has 0 unspecified atom stereocenters. The Balaban J connectivity index is 1.17. The van der Waals surface area contributed by atoms with Gasteiger partial charge in [0, 0.05) is 51.0 Å². The topological polar surface area (TPSA) is 30.0 Å². The molecule has 1 N–H and O–H groups in total. The molecule has 0 aromatic heterocycles. The Morgan fingerprint density at radius 1 is 0.828 bits per heavy atom. The van der Waals surface area contributed by atoms with Crippen LogP contribution in [0, 0.1) is 0 Å². The summed E-state index contributed by atoms with van der Waals surface area (Å²) in [5, 5.41) is 10.3. The van der Waals surface area contributed by atoms with Crippen LogP contribution in [0.25, 0.3) is 0 Å². The second-order valence-corrected chi connectivity index (χ2v) is 8.90. The van der Waals surface area contributed by atoms with E-state index in [1.807, 2.05) is 12.1 Å². The van der Waals surface area contributed by atoms with Crippen molar-refractivity contribution in [1.82, 2.24) is 9.80 Å². The SMILES string of the molecule is Oc1cccc2c1CC[C@H]1[C@H]2CCCN1CCN1CCN(c2ccccc2)CC1. The van der Waals surface area contributed by atoms with Gasteiger partial charge in [0.2, 0.25) is 0 Å². The first-order chi connectivity index (χ1) is 14.3. The number of fused-ring (bicyclic) bond motifs is 3. The maximum Gasteiger partial charge on any atom is 0.119 e. The third-order valence-electron chi connectivity index (χ3n) is 7.37. The van der Waals surface area contributed by atoms with E-state index in [-0.39, 0.29) is 0 Å². The highest BCUT2D eigenvalue weighted by Crippen LogP contribution is 2.43. The standard InChI is InChI=1S/C25H33N3O/c29-25-10-4-8-21-22-9-5-13-28(24(22)12-11-23(21)25)19-16-26-14-17-27(18-15-26)20-6-2-1-3-7-20/h1-4,6-8,10,22,24,29H,5,9,11-19H2/t22-,24-/m0/s1. The third-order valence-corrected chi connectivity index (χ3v) is 7.37. The van der Waals surface area contributed by atoms with Crippen LogP contribution in [0.4, 0.5) is 5.69 Å². The Labute approximate surface area is 174 Å². The molecule has 5 rings (SSSR count). The zero-order valence-electron chi connectivity index (χ0n) is 17.3. The Morgan fingerprint density at radius 2 is 1.66 bits per heavy atom. The van der Waals surface area contributed by atoms with Crippen LogP contribution in [-0.4, -0.2) is 66.8 Å². The van der Waals surface area contributed by atoms with Gasteiger partial charge in [0.25, 0.3) is 0 Å². The van der Waals surface area contributed by atoms with Crippen molar-refractivity contribution in [3.63, 3.8) is 0 Å². The number of hydrogen-bond acceptors (Lipinski definition) is 4. The van der Waals surface area contributed by atoms with Gasteiger partial charge < -0.3 is 10.0 Å². The van der Waals surface area contributed by atoms with E-state index in [2.05, 4.69) is 51.1 Å². The highest BCUT2D eigenvalue weighted by molar-refractivity contribution is 5.46. The summed E-state index contributed by atoms with van der Waals surface area (Å²) in [5.74, 6) is 1.11. The molecule has 2 atom stereocenters. The minimum atomic E-state index is 0.509. The van der Waals surface area contributed by atoms with E-state index in [0.717, 1.165) is 32.6 Å². The van der Waals surface area contributed by atoms with E-state index in [1.165, 1.54) is 55.7 Å².